The van der Waals surface area contributed by atoms with E-state index in [2.05, 4.69) is 23.4 Å². The fraction of sp³-hybridized carbons (Fsp3) is 0.636. The molecule has 0 aliphatic carbocycles. The van der Waals surface area contributed by atoms with Gasteiger partial charge in [0.25, 0.3) is 0 Å². The van der Waals surface area contributed by atoms with Gasteiger partial charge in [-0.2, -0.15) is 13.6 Å². The number of nitrogens with one attached hydrogen (secondary N) is 1. The molecule has 1 heterocycles. The number of halogens is 1. The lowest BCUT2D eigenvalue weighted by Gasteiger charge is -2.24. The smallest absolute Gasteiger partial charge is 0.393 e. The molecule has 0 saturated carbocycles. The molecule has 0 fully saturated rings. The highest BCUT2D eigenvalue weighted by molar-refractivity contribution is 7.66. The molecule has 2 unspecified atom stereocenters. The van der Waals surface area contributed by atoms with E-state index in [9.17, 15) is 33.6 Å². The van der Waals surface area contributed by atoms with Gasteiger partial charge in [-0.1, -0.05) is 0 Å². The molecular formula is C11H21ClN3O13P3. The van der Waals surface area contributed by atoms with E-state index in [0.717, 1.165) is 4.57 Å². The summed E-state index contributed by atoms with van der Waals surface area (Å²) in [6.07, 6.45) is -2.34. The fourth-order valence-electron chi connectivity index (χ4n) is 2.05. The van der Waals surface area contributed by atoms with Crippen molar-refractivity contribution in [2.24, 2.45) is 5.92 Å². The normalized spacial score (nSPS) is 19.1. The summed E-state index contributed by atoms with van der Waals surface area (Å²) in [6, 6.07) is 1.38. The van der Waals surface area contributed by atoms with Crippen LogP contribution in [0.5, 0.6) is 0 Å². The first-order valence-corrected chi connectivity index (χ1v) is 13.1. The number of phosphoric ester groups is 1. The summed E-state index contributed by atoms with van der Waals surface area (Å²) in [5.41, 5.74) is -0.831. The Morgan fingerprint density at radius 1 is 1.16 bits per heavy atom. The Morgan fingerprint density at radius 3 is 2.26 bits per heavy atom. The van der Waals surface area contributed by atoms with Gasteiger partial charge in [0, 0.05) is 31.5 Å². The van der Waals surface area contributed by atoms with Crippen molar-refractivity contribution < 1.29 is 56.6 Å². The van der Waals surface area contributed by atoms with Crippen molar-refractivity contribution in [2.45, 2.75) is 18.8 Å². The summed E-state index contributed by atoms with van der Waals surface area (Å²) in [5.74, 6) is -1.31. The van der Waals surface area contributed by atoms with Gasteiger partial charge in [-0.3, -0.25) is 9.09 Å². The van der Waals surface area contributed by atoms with Crippen LogP contribution in [0.4, 0.5) is 5.82 Å². The van der Waals surface area contributed by atoms with Gasteiger partial charge in [-0.15, -0.1) is 11.6 Å². The van der Waals surface area contributed by atoms with E-state index in [1.54, 1.807) is 0 Å². The van der Waals surface area contributed by atoms with Gasteiger partial charge in [0.2, 0.25) is 0 Å². The molecule has 1 rings (SSSR count). The number of anilines is 1. The van der Waals surface area contributed by atoms with Crippen molar-refractivity contribution >= 4 is 40.9 Å². The highest BCUT2D eigenvalue weighted by Crippen LogP contribution is 2.66. The van der Waals surface area contributed by atoms with Gasteiger partial charge in [0.1, 0.15) is 12.0 Å². The molecule has 16 nitrogen and oxygen atoms in total. The monoisotopic (exact) mass is 531 g/mol. The van der Waals surface area contributed by atoms with Crippen molar-refractivity contribution in [1.82, 2.24) is 9.55 Å². The van der Waals surface area contributed by atoms with Gasteiger partial charge >= 0.3 is 29.2 Å². The molecule has 0 amide bonds. The van der Waals surface area contributed by atoms with Crippen LogP contribution in [0.1, 0.15) is 12.6 Å². The minimum absolute atomic E-state index is 0.239. The predicted molar refractivity (Wildman–Crippen MR) is 104 cm³/mol. The van der Waals surface area contributed by atoms with Crippen LogP contribution in [0.25, 0.3) is 0 Å². The molecule has 1 aromatic heterocycles. The van der Waals surface area contributed by atoms with E-state index in [-0.39, 0.29) is 5.82 Å². The van der Waals surface area contributed by atoms with Crippen LogP contribution in [0.3, 0.4) is 0 Å². The zero-order valence-electron chi connectivity index (χ0n) is 15.7. The summed E-state index contributed by atoms with van der Waals surface area (Å²) < 4.78 is 45.9. The van der Waals surface area contributed by atoms with Crippen LogP contribution in [-0.2, 0) is 26.8 Å². The number of hydrogen-bond acceptors (Lipinski definition) is 11. The Morgan fingerprint density at radius 2 is 1.77 bits per heavy atom. The number of aliphatic hydroxyl groups is 2. The SMILES string of the molecule is CNc1ccn([C@H](O)C[C@H](O)[C@@H](CCl)COP(=O)(O)OP(=O)(O)OP(=O)(O)O)c(=O)n1. The number of rotatable bonds is 13. The number of hydrogen-bond donors (Lipinski definition) is 7. The zero-order chi connectivity index (χ0) is 24.0. The standard InChI is InChI=1S/C11H21ClN3O13P3/c1-13-9-2-3-15(11(18)14-9)10(17)4-8(16)7(5-12)6-26-30(22,23)28-31(24,25)27-29(19,20)21/h2-3,7-8,10,16-17H,4-6H2,1H3,(H,22,23)(H,24,25)(H,13,14,18)(H2,19,20,21)/t7-,8-,10+/m0/s1. The van der Waals surface area contributed by atoms with Gasteiger partial charge < -0.3 is 35.1 Å². The number of alkyl halides is 1. The molecule has 0 aliphatic heterocycles. The van der Waals surface area contributed by atoms with Crippen LogP contribution < -0.4 is 11.0 Å². The highest BCUT2D eigenvalue weighted by atomic mass is 35.5. The number of nitrogens with zero attached hydrogens (tertiary/aromatic N) is 2. The Bertz CT molecular complexity index is 939. The Labute approximate surface area is 179 Å². The minimum atomic E-state index is -5.69. The molecule has 0 bridgehead atoms. The molecule has 20 heteroatoms. The van der Waals surface area contributed by atoms with E-state index in [4.69, 9.17) is 26.3 Å². The second kappa shape index (κ2) is 11.4. The lowest BCUT2D eigenvalue weighted by atomic mass is 10.0. The third-order valence-corrected chi connectivity index (χ3v) is 7.67. The molecule has 0 spiro atoms. The van der Waals surface area contributed by atoms with Crippen LogP contribution in [-0.4, -0.2) is 65.0 Å². The van der Waals surface area contributed by atoms with Crippen LogP contribution in [0.15, 0.2) is 17.1 Å². The van der Waals surface area contributed by atoms with E-state index in [1.165, 1.54) is 19.3 Å². The Kier molecular flexibility index (Phi) is 10.5. The highest BCUT2D eigenvalue weighted by Gasteiger charge is 2.41. The quantitative estimate of drug-likeness (QED) is 0.128. The summed E-state index contributed by atoms with van der Waals surface area (Å²) in [7, 11) is -15.1. The first kappa shape index (κ1) is 28.3. The lowest BCUT2D eigenvalue weighted by Crippen LogP contribution is -2.33. The largest absolute Gasteiger partial charge is 0.490 e. The van der Waals surface area contributed by atoms with Crippen molar-refractivity contribution in [3.8, 4) is 0 Å². The Balaban J connectivity index is 2.75. The van der Waals surface area contributed by atoms with E-state index in [1.807, 2.05) is 0 Å². The fourth-order valence-corrected chi connectivity index (χ4v) is 5.42. The van der Waals surface area contributed by atoms with Gasteiger partial charge in [0.15, 0.2) is 0 Å². The summed E-state index contributed by atoms with van der Waals surface area (Å²) >= 11 is 5.66. The van der Waals surface area contributed by atoms with E-state index < -0.39 is 66.3 Å². The van der Waals surface area contributed by atoms with Crippen LogP contribution >= 0.6 is 35.1 Å². The first-order chi connectivity index (χ1) is 14.1. The van der Waals surface area contributed by atoms with Gasteiger partial charge in [0.05, 0.1) is 12.7 Å². The third kappa shape index (κ3) is 10.2. The second-order valence-electron chi connectivity index (χ2n) is 5.84. The van der Waals surface area contributed by atoms with Crippen LogP contribution in [0.2, 0.25) is 0 Å². The second-order valence-corrected chi connectivity index (χ2v) is 10.6. The zero-order valence-corrected chi connectivity index (χ0v) is 19.1. The maximum atomic E-state index is 11.9. The maximum absolute atomic E-state index is 11.9. The van der Waals surface area contributed by atoms with Crippen molar-refractivity contribution in [2.75, 3.05) is 24.9 Å². The maximum Gasteiger partial charge on any atom is 0.490 e. The first-order valence-electron chi connectivity index (χ1n) is 8.06. The number of phosphoric acid groups is 3. The molecule has 1 aromatic rings. The summed E-state index contributed by atoms with van der Waals surface area (Å²) in [4.78, 5) is 50.9. The summed E-state index contributed by atoms with van der Waals surface area (Å²) in [6.45, 7) is -0.854. The molecule has 0 aliphatic rings. The van der Waals surface area contributed by atoms with Gasteiger partial charge in [-0.25, -0.2) is 18.5 Å². The van der Waals surface area contributed by atoms with Gasteiger partial charge in [-0.05, 0) is 6.07 Å². The van der Waals surface area contributed by atoms with Crippen LogP contribution in [0, 0.1) is 5.92 Å². The summed E-state index contributed by atoms with van der Waals surface area (Å²) in [5, 5.41) is 23.0. The molecule has 7 N–H and O–H groups in total. The predicted octanol–water partition coefficient (Wildman–Crippen LogP) is -0.275. The average molecular weight is 532 g/mol. The molecule has 180 valence electrons. The molecule has 31 heavy (non-hydrogen) atoms. The molecule has 0 aromatic carbocycles. The Hall–Kier alpha value is -0.700. The average Bonchev–Trinajstić information content (AvgIpc) is 2.58. The third-order valence-electron chi connectivity index (χ3n) is 3.47. The number of aromatic nitrogens is 2. The van der Waals surface area contributed by atoms with E-state index in [0.29, 0.717) is 0 Å². The van der Waals surface area contributed by atoms with Crippen molar-refractivity contribution in [3.05, 3.63) is 22.7 Å². The molecule has 5 atom stereocenters. The minimum Gasteiger partial charge on any atom is -0.393 e. The lowest BCUT2D eigenvalue weighted by molar-refractivity contribution is 0.000779. The van der Waals surface area contributed by atoms with Crippen molar-refractivity contribution in [3.63, 3.8) is 0 Å². The molecule has 0 saturated heterocycles. The molecular weight excluding hydrogens is 511 g/mol. The topological polar surface area (TPSA) is 247 Å². The number of aliphatic hydroxyl groups excluding tert-OH is 2. The van der Waals surface area contributed by atoms with Crippen molar-refractivity contribution in [1.29, 1.82) is 0 Å². The van der Waals surface area contributed by atoms with E-state index >= 15 is 0 Å². The molecule has 0 radical (unpaired) electrons.